The van der Waals surface area contributed by atoms with Crippen LogP contribution in [0, 0.1) is 5.41 Å². The SMILES string of the molecule is C/C=C\C=Nc1ccccc1/C=C/N=CC=N. The number of rotatable bonds is 5. The summed E-state index contributed by atoms with van der Waals surface area (Å²) in [5, 5.41) is 6.80. The number of nitrogens with zero attached hydrogens (tertiary/aromatic N) is 2. The lowest BCUT2D eigenvalue weighted by Gasteiger charge is -1.97. The van der Waals surface area contributed by atoms with Crippen molar-refractivity contribution in [1.82, 2.24) is 0 Å². The molecule has 0 saturated heterocycles. The third-order valence-corrected chi connectivity index (χ3v) is 1.93. The van der Waals surface area contributed by atoms with Gasteiger partial charge in [-0.05, 0) is 25.1 Å². The molecule has 3 nitrogen and oxygen atoms in total. The van der Waals surface area contributed by atoms with E-state index in [1.807, 2.05) is 49.4 Å². The van der Waals surface area contributed by atoms with Crippen LogP contribution in [0.4, 0.5) is 5.69 Å². The fraction of sp³-hybridized carbons (Fsp3) is 0.0714. The fourth-order valence-corrected chi connectivity index (χ4v) is 1.17. The fourth-order valence-electron chi connectivity index (χ4n) is 1.17. The van der Waals surface area contributed by atoms with Crippen LogP contribution in [-0.2, 0) is 0 Å². The van der Waals surface area contributed by atoms with E-state index in [-0.39, 0.29) is 0 Å². The first-order valence-corrected chi connectivity index (χ1v) is 5.31. The van der Waals surface area contributed by atoms with E-state index in [2.05, 4.69) is 9.98 Å². The zero-order valence-electron chi connectivity index (χ0n) is 9.75. The second-order valence-electron chi connectivity index (χ2n) is 3.14. The molecule has 0 aliphatic carbocycles. The maximum atomic E-state index is 6.80. The number of hydrogen-bond acceptors (Lipinski definition) is 3. The predicted molar refractivity (Wildman–Crippen MR) is 75.7 cm³/mol. The average molecular weight is 225 g/mol. The molecule has 1 N–H and O–H groups in total. The van der Waals surface area contributed by atoms with Crippen LogP contribution in [-0.4, -0.2) is 18.6 Å². The number of aliphatic imine (C=N–C) groups is 2. The monoisotopic (exact) mass is 225 g/mol. The second-order valence-corrected chi connectivity index (χ2v) is 3.14. The van der Waals surface area contributed by atoms with Crippen LogP contribution in [0.2, 0.25) is 0 Å². The Labute approximate surface area is 101 Å². The molecule has 86 valence electrons. The number of para-hydroxylation sites is 1. The minimum absolute atomic E-state index is 0.895. The molecule has 0 radical (unpaired) electrons. The third kappa shape index (κ3) is 4.84. The summed E-state index contributed by atoms with van der Waals surface area (Å²) in [6.45, 7) is 1.95. The molecule has 0 unspecified atom stereocenters. The van der Waals surface area contributed by atoms with Gasteiger partial charge in [-0.1, -0.05) is 24.3 Å². The minimum atomic E-state index is 0.895. The van der Waals surface area contributed by atoms with E-state index in [1.165, 1.54) is 6.21 Å². The summed E-state index contributed by atoms with van der Waals surface area (Å²) >= 11 is 0. The lowest BCUT2D eigenvalue weighted by Crippen LogP contribution is -1.75. The van der Waals surface area contributed by atoms with Crippen LogP contribution in [0.15, 0.2) is 52.6 Å². The number of allylic oxidation sites excluding steroid dienone is 2. The highest BCUT2D eigenvalue weighted by atomic mass is 14.7. The van der Waals surface area contributed by atoms with Crippen molar-refractivity contribution in [3.05, 3.63) is 48.2 Å². The van der Waals surface area contributed by atoms with Gasteiger partial charge in [0.15, 0.2) is 0 Å². The van der Waals surface area contributed by atoms with Gasteiger partial charge in [0.1, 0.15) is 0 Å². The zero-order valence-corrected chi connectivity index (χ0v) is 9.75. The summed E-state index contributed by atoms with van der Waals surface area (Å²) in [5.74, 6) is 0. The van der Waals surface area contributed by atoms with Crippen LogP contribution >= 0.6 is 0 Å². The summed E-state index contributed by atoms with van der Waals surface area (Å²) in [6, 6.07) is 7.81. The van der Waals surface area contributed by atoms with Crippen molar-refractivity contribution in [2.24, 2.45) is 9.98 Å². The van der Waals surface area contributed by atoms with Crippen LogP contribution in [0.1, 0.15) is 12.5 Å². The summed E-state index contributed by atoms with van der Waals surface area (Å²) in [4.78, 5) is 8.24. The van der Waals surface area contributed by atoms with Gasteiger partial charge in [-0.25, -0.2) is 0 Å². The van der Waals surface area contributed by atoms with E-state index in [1.54, 1.807) is 12.4 Å². The van der Waals surface area contributed by atoms with E-state index in [9.17, 15) is 0 Å². The van der Waals surface area contributed by atoms with Gasteiger partial charge in [0.2, 0.25) is 0 Å². The van der Waals surface area contributed by atoms with Gasteiger partial charge in [0.05, 0.1) is 5.69 Å². The molecule has 1 aromatic carbocycles. The molecule has 17 heavy (non-hydrogen) atoms. The van der Waals surface area contributed by atoms with Crippen molar-refractivity contribution in [2.75, 3.05) is 0 Å². The van der Waals surface area contributed by atoms with E-state index in [0.717, 1.165) is 17.5 Å². The molecule has 1 aromatic rings. The van der Waals surface area contributed by atoms with Gasteiger partial charge in [0, 0.05) is 30.4 Å². The van der Waals surface area contributed by atoms with Crippen molar-refractivity contribution in [1.29, 1.82) is 5.41 Å². The number of hydrogen-bond donors (Lipinski definition) is 1. The van der Waals surface area contributed by atoms with Gasteiger partial charge in [-0.15, -0.1) is 0 Å². The Balaban J connectivity index is 2.87. The Hall–Kier alpha value is -2.29. The van der Waals surface area contributed by atoms with Crippen molar-refractivity contribution >= 4 is 30.4 Å². The Morgan fingerprint density at radius 1 is 1.18 bits per heavy atom. The quantitative estimate of drug-likeness (QED) is 0.743. The van der Waals surface area contributed by atoms with E-state index in [0.29, 0.717) is 0 Å². The minimum Gasteiger partial charge on any atom is -0.307 e. The normalized spacial score (nSPS) is 12.3. The summed E-state index contributed by atoms with van der Waals surface area (Å²) in [7, 11) is 0. The van der Waals surface area contributed by atoms with E-state index >= 15 is 0 Å². The highest BCUT2D eigenvalue weighted by Gasteiger charge is 1.93. The summed E-state index contributed by atoms with van der Waals surface area (Å²) in [6.07, 6.45) is 11.6. The van der Waals surface area contributed by atoms with E-state index < -0.39 is 0 Å². The molecule has 0 fully saturated rings. The van der Waals surface area contributed by atoms with Gasteiger partial charge in [-0.2, -0.15) is 0 Å². The Morgan fingerprint density at radius 2 is 2.00 bits per heavy atom. The molecule has 0 atom stereocenters. The van der Waals surface area contributed by atoms with Gasteiger partial charge in [0.25, 0.3) is 0 Å². The maximum absolute atomic E-state index is 6.80. The molecular weight excluding hydrogens is 210 g/mol. The molecule has 0 aliphatic heterocycles. The molecular formula is C14H15N3. The van der Waals surface area contributed by atoms with Gasteiger partial charge >= 0.3 is 0 Å². The standard InChI is InChI=1S/C14H15N3/c1-2-3-10-17-14-7-5-4-6-13(14)8-11-16-12-9-15/h2-12,15H,1H3/b3-2-,11-8+,15-9?,16-12?,17-10?. The Kier molecular flexibility index (Phi) is 5.96. The zero-order chi connectivity index (χ0) is 12.3. The molecule has 0 amide bonds. The van der Waals surface area contributed by atoms with Crippen LogP contribution < -0.4 is 0 Å². The molecule has 0 aliphatic rings. The molecule has 3 heteroatoms. The smallest absolute Gasteiger partial charge is 0.0702 e. The lowest BCUT2D eigenvalue weighted by molar-refractivity contribution is 1.50. The summed E-state index contributed by atoms with van der Waals surface area (Å²) in [5.41, 5.74) is 1.89. The molecule has 0 heterocycles. The van der Waals surface area contributed by atoms with Crippen molar-refractivity contribution in [3.63, 3.8) is 0 Å². The second kappa shape index (κ2) is 7.93. The van der Waals surface area contributed by atoms with Gasteiger partial charge in [-0.3, -0.25) is 9.98 Å². The van der Waals surface area contributed by atoms with Crippen molar-refractivity contribution < 1.29 is 0 Å². The summed E-state index contributed by atoms with van der Waals surface area (Å²) < 4.78 is 0. The molecule has 0 saturated carbocycles. The van der Waals surface area contributed by atoms with Crippen LogP contribution in [0.25, 0.3) is 6.08 Å². The van der Waals surface area contributed by atoms with Crippen molar-refractivity contribution in [3.8, 4) is 0 Å². The Bertz CT molecular complexity index is 468. The average Bonchev–Trinajstić information content (AvgIpc) is 2.36. The molecule has 1 rings (SSSR count). The first-order chi connectivity index (χ1) is 8.38. The topological polar surface area (TPSA) is 48.6 Å². The molecule has 0 bridgehead atoms. The first kappa shape index (κ1) is 12.8. The highest BCUT2D eigenvalue weighted by molar-refractivity contribution is 6.14. The predicted octanol–water partition coefficient (Wildman–Crippen LogP) is 3.66. The van der Waals surface area contributed by atoms with Crippen LogP contribution in [0.3, 0.4) is 0 Å². The van der Waals surface area contributed by atoms with Gasteiger partial charge < -0.3 is 5.41 Å². The lowest BCUT2D eigenvalue weighted by atomic mass is 10.2. The third-order valence-electron chi connectivity index (χ3n) is 1.93. The van der Waals surface area contributed by atoms with E-state index in [4.69, 9.17) is 5.41 Å². The molecule has 0 aromatic heterocycles. The van der Waals surface area contributed by atoms with Crippen LogP contribution in [0.5, 0.6) is 0 Å². The molecule has 0 spiro atoms. The maximum Gasteiger partial charge on any atom is 0.0702 e. The first-order valence-electron chi connectivity index (χ1n) is 5.31. The van der Waals surface area contributed by atoms with Crippen molar-refractivity contribution in [2.45, 2.75) is 6.92 Å². The largest absolute Gasteiger partial charge is 0.307 e. The number of nitrogens with one attached hydrogen (secondary N) is 1. The Morgan fingerprint density at radius 3 is 2.76 bits per heavy atom. The highest BCUT2D eigenvalue weighted by Crippen LogP contribution is 2.19. The number of benzene rings is 1.